The zero-order valence-electron chi connectivity index (χ0n) is 10.9. The molecule has 0 atom stereocenters. The molecule has 0 radical (unpaired) electrons. The molecule has 2 aromatic rings. The first-order chi connectivity index (χ1) is 9.63. The van der Waals surface area contributed by atoms with E-state index in [9.17, 15) is 8.78 Å². The number of aliphatic hydroxyl groups is 1. The molecule has 106 valence electrons. The Balaban J connectivity index is 2.17. The van der Waals surface area contributed by atoms with E-state index in [-0.39, 0.29) is 18.8 Å². The van der Waals surface area contributed by atoms with Gasteiger partial charge in [0.05, 0.1) is 13.7 Å². The second kappa shape index (κ2) is 6.34. The molecule has 2 aromatic carbocycles. The Bertz CT molecular complexity index is 600. The summed E-state index contributed by atoms with van der Waals surface area (Å²) in [7, 11) is 1.49. The Kier molecular flexibility index (Phi) is 4.53. The fourth-order valence-electron chi connectivity index (χ4n) is 1.73. The van der Waals surface area contributed by atoms with Gasteiger partial charge in [-0.25, -0.2) is 8.78 Å². The predicted octanol–water partition coefficient (Wildman–Crippen LogP) is 3.04. The van der Waals surface area contributed by atoms with Gasteiger partial charge in [-0.05, 0) is 29.8 Å². The maximum Gasteiger partial charge on any atom is 0.162 e. The van der Waals surface area contributed by atoms with Gasteiger partial charge in [-0.1, -0.05) is 6.07 Å². The normalized spacial score (nSPS) is 10.4. The van der Waals surface area contributed by atoms with Crippen molar-refractivity contribution < 1.29 is 23.4 Å². The van der Waals surface area contributed by atoms with E-state index in [0.717, 1.165) is 6.07 Å². The lowest BCUT2D eigenvalue weighted by atomic mass is 10.2. The van der Waals surface area contributed by atoms with Gasteiger partial charge < -0.3 is 14.6 Å². The van der Waals surface area contributed by atoms with Crippen molar-refractivity contribution in [1.29, 1.82) is 0 Å². The van der Waals surface area contributed by atoms with E-state index in [1.165, 1.54) is 19.2 Å². The average molecular weight is 280 g/mol. The molecule has 0 amide bonds. The topological polar surface area (TPSA) is 38.7 Å². The molecule has 0 bridgehead atoms. The van der Waals surface area contributed by atoms with Crippen molar-refractivity contribution in [3.63, 3.8) is 0 Å². The summed E-state index contributed by atoms with van der Waals surface area (Å²) in [5.41, 5.74) is 0.892. The smallest absolute Gasteiger partial charge is 0.162 e. The van der Waals surface area contributed by atoms with E-state index in [1.807, 2.05) is 0 Å². The van der Waals surface area contributed by atoms with Gasteiger partial charge in [0.25, 0.3) is 0 Å². The highest BCUT2D eigenvalue weighted by atomic mass is 19.1. The van der Waals surface area contributed by atoms with Crippen LogP contribution in [0.3, 0.4) is 0 Å². The number of aliphatic hydroxyl groups excluding tert-OH is 1. The van der Waals surface area contributed by atoms with Crippen LogP contribution < -0.4 is 9.47 Å². The second-order valence-corrected chi connectivity index (χ2v) is 4.17. The molecule has 0 saturated heterocycles. The Labute approximate surface area is 115 Å². The molecule has 0 spiro atoms. The maximum absolute atomic E-state index is 13.5. The van der Waals surface area contributed by atoms with Gasteiger partial charge in [0.15, 0.2) is 11.5 Å². The lowest BCUT2D eigenvalue weighted by molar-refractivity contribution is 0.269. The fourth-order valence-corrected chi connectivity index (χ4v) is 1.73. The van der Waals surface area contributed by atoms with E-state index in [0.29, 0.717) is 17.1 Å². The molecule has 0 aliphatic carbocycles. The maximum atomic E-state index is 13.5. The van der Waals surface area contributed by atoms with Gasteiger partial charge in [0.2, 0.25) is 0 Å². The van der Waals surface area contributed by atoms with Crippen molar-refractivity contribution in [2.24, 2.45) is 0 Å². The summed E-state index contributed by atoms with van der Waals surface area (Å²) in [6.45, 7) is -0.192. The fraction of sp³-hybridized carbons (Fsp3) is 0.200. The number of ether oxygens (including phenoxy) is 2. The summed E-state index contributed by atoms with van der Waals surface area (Å²) in [6.07, 6.45) is 0. The van der Waals surface area contributed by atoms with Crippen molar-refractivity contribution in [2.75, 3.05) is 7.11 Å². The third-order valence-corrected chi connectivity index (χ3v) is 2.81. The second-order valence-electron chi connectivity index (χ2n) is 4.17. The van der Waals surface area contributed by atoms with Gasteiger partial charge >= 0.3 is 0 Å². The van der Waals surface area contributed by atoms with E-state index >= 15 is 0 Å². The minimum atomic E-state index is -0.665. The number of rotatable bonds is 5. The van der Waals surface area contributed by atoms with E-state index in [2.05, 4.69) is 0 Å². The van der Waals surface area contributed by atoms with Gasteiger partial charge in [-0.2, -0.15) is 0 Å². The minimum Gasteiger partial charge on any atom is -0.493 e. The molecule has 0 unspecified atom stereocenters. The SMILES string of the molecule is COc1ccc(CO)cc1OCc1ccc(F)cc1F. The Morgan fingerprint density at radius 1 is 1.05 bits per heavy atom. The predicted molar refractivity (Wildman–Crippen MR) is 69.6 cm³/mol. The molecule has 3 nitrogen and oxygen atoms in total. The molecule has 20 heavy (non-hydrogen) atoms. The first-order valence-electron chi connectivity index (χ1n) is 5.98. The largest absolute Gasteiger partial charge is 0.493 e. The Morgan fingerprint density at radius 3 is 2.50 bits per heavy atom. The monoisotopic (exact) mass is 280 g/mol. The van der Waals surface area contributed by atoms with Gasteiger partial charge in [-0.15, -0.1) is 0 Å². The van der Waals surface area contributed by atoms with Crippen LogP contribution in [0.25, 0.3) is 0 Å². The quantitative estimate of drug-likeness (QED) is 0.915. The van der Waals surface area contributed by atoms with Gasteiger partial charge in [0.1, 0.15) is 18.2 Å². The molecule has 0 saturated carbocycles. The average Bonchev–Trinajstić information content (AvgIpc) is 2.46. The van der Waals surface area contributed by atoms with Crippen LogP contribution in [0.2, 0.25) is 0 Å². The van der Waals surface area contributed by atoms with Crippen LogP contribution in [0.1, 0.15) is 11.1 Å². The molecule has 5 heteroatoms. The van der Waals surface area contributed by atoms with Crippen LogP contribution in [-0.4, -0.2) is 12.2 Å². The number of halogens is 2. The van der Waals surface area contributed by atoms with Gasteiger partial charge in [0, 0.05) is 11.6 Å². The molecule has 0 aromatic heterocycles. The van der Waals surface area contributed by atoms with Crippen molar-refractivity contribution in [1.82, 2.24) is 0 Å². The molecule has 1 N–H and O–H groups in total. The summed E-state index contributed by atoms with van der Waals surface area (Å²) in [5.74, 6) is -0.430. The lowest BCUT2D eigenvalue weighted by Gasteiger charge is -2.12. The van der Waals surface area contributed by atoms with E-state index in [1.54, 1.807) is 18.2 Å². The van der Waals surface area contributed by atoms with Crippen molar-refractivity contribution >= 4 is 0 Å². The van der Waals surface area contributed by atoms with Crippen LogP contribution in [-0.2, 0) is 13.2 Å². The first kappa shape index (κ1) is 14.3. The molecule has 0 aliphatic rings. The lowest BCUT2D eigenvalue weighted by Crippen LogP contribution is -2.01. The summed E-state index contributed by atoms with van der Waals surface area (Å²) in [6, 6.07) is 8.27. The Morgan fingerprint density at radius 2 is 1.85 bits per heavy atom. The highest BCUT2D eigenvalue weighted by Crippen LogP contribution is 2.29. The molecule has 0 fully saturated rings. The van der Waals surface area contributed by atoms with E-state index in [4.69, 9.17) is 14.6 Å². The number of hydrogen-bond donors (Lipinski definition) is 1. The van der Waals surface area contributed by atoms with Crippen molar-refractivity contribution in [3.8, 4) is 11.5 Å². The van der Waals surface area contributed by atoms with Crippen LogP contribution in [0.15, 0.2) is 36.4 Å². The summed E-state index contributed by atoms with van der Waals surface area (Å²) in [4.78, 5) is 0. The highest BCUT2D eigenvalue weighted by Gasteiger charge is 2.09. The molecule has 0 aliphatic heterocycles. The highest BCUT2D eigenvalue weighted by molar-refractivity contribution is 5.43. The van der Waals surface area contributed by atoms with Crippen molar-refractivity contribution in [2.45, 2.75) is 13.2 Å². The van der Waals surface area contributed by atoms with Crippen LogP contribution >= 0.6 is 0 Å². The molecular formula is C15H14F2O3. The summed E-state index contributed by atoms with van der Waals surface area (Å²) in [5, 5.41) is 9.09. The van der Waals surface area contributed by atoms with Crippen LogP contribution in [0.4, 0.5) is 8.78 Å². The summed E-state index contributed by atoms with van der Waals surface area (Å²) < 4.78 is 36.9. The van der Waals surface area contributed by atoms with Crippen LogP contribution in [0, 0.1) is 11.6 Å². The number of benzene rings is 2. The summed E-state index contributed by atoms with van der Waals surface area (Å²) >= 11 is 0. The number of hydrogen-bond acceptors (Lipinski definition) is 3. The molecule has 0 heterocycles. The number of methoxy groups -OCH3 is 1. The Hall–Kier alpha value is -2.14. The minimum absolute atomic E-state index is 0.0582. The van der Waals surface area contributed by atoms with Gasteiger partial charge in [-0.3, -0.25) is 0 Å². The van der Waals surface area contributed by atoms with Crippen molar-refractivity contribution in [3.05, 3.63) is 59.2 Å². The van der Waals surface area contributed by atoms with Crippen LogP contribution in [0.5, 0.6) is 11.5 Å². The third-order valence-electron chi connectivity index (χ3n) is 2.81. The third kappa shape index (κ3) is 3.24. The first-order valence-corrected chi connectivity index (χ1v) is 5.98. The zero-order valence-corrected chi connectivity index (χ0v) is 10.9. The zero-order chi connectivity index (χ0) is 14.5. The molecule has 2 rings (SSSR count). The standard InChI is InChI=1S/C15H14F2O3/c1-19-14-5-2-10(8-18)6-15(14)20-9-11-3-4-12(16)7-13(11)17/h2-7,18H,8-9H2,1H3. The molecular weight excluding hydrogens is 266 g/mol. The van der Waals surface area contributed by atoms with E-state index < -0.39 is 11.6 Å².